The number of benzene rings is 1. The predicted molar refractivity (Wildman–Crippen MR) is 82.3 cm³/mol. The second-order valence-electron chi connectivity index (χ2n) is 5.90. The molecule has 2 rings (SSSR count). The molecule has 1 aromatic carbocycles. The lowest BCUT2D eigenvalue weighted by Crippen LogP contribution is -2.44. The molecule has 0 aliphatic heterocycles. The Labute approximate surface area is 122 Å². The smallest absolute Gasteiger partial charge is 0.226 e. The average molecular weight is 274 g/mol. The van der Waals surface area contributed by atoms with Gasteiger partial charge in [-0.2, -0.15) is 0 Å². The topological polar surface area (TPSA) is 46.3 Å². The number of aryl methyl sites for hydroxylation is 1. The van der Waals surface area contributed by atoms with Gasteiger partial charge in [-0.25, -0.2) is 0 Å². The number of carbonyl (C=O) groups excluding carboxylic acids is 1. The summed E-state index contributed by atoms with van der Waals surface area (Å²) in [6.07, 6.45) is 6.30. The van der Waals surface area contributed by atoms with E-state index in [2.05, 4.69) is 24.3 Å². The van der Waals surface area contributed by atoms with E-state index in [0.717, 1.165) is 38.6 Å². The van der Waals surface area contributed by atoms with Gasteiger partial charge in [-0.15, -0.1) is 0 Å². The molecule has 0 saturated heterocycles. The fourth-order valence-corrected chi connectivity index (χ4v) is 3.02. The molecule has 0 radical (unpaired) electrons. The Morgan fingerprint density at radius 2 is 1.95 bits per heavy atom. The minimum Gasteiger partial charge on any atom is -0.345 e. The largest absolute Gasteiger partial charge is 0.345 e. The van der Waals surface area contributed by atoms with Crippen molar-refractivity contribution in [3.63, 3.8) is 0 Å². The van der Waals surface area contributed by atoms with Gasteiger partial charge in [-0.05, 0) is 31.2 Å². The summed E-state index contributed by atoms with van der Waals surface area (Å²) in [5.74, 6) is 0.288. The summed E-state index contributed by atoms with van der Waals surface area (Å²) in [7, 11) is 1.91. The molecule has 20 heavy (non-hydrogen) atoms. The van der Waals surface area contributed by atoms with E-state index in [-0.39, 0.29) is 17.9 Å². The molecule has 110 valence electrons. The summed E-state index contributed by atoms with van der Waals surface area (Å²) < 4.78 is 0. The molecule has 3 nitrogen and oxygen atoms in total. The van der Waals surface area contributed by atoms with Crippen LogP contribution in [0.15, 0.2) is 30.3 Å². The highest BCUT2D eigenvalue weighted by molar-refractivity contribution is 5.79. The van der Waals surface area contributed by atoms with Crippen LogP contribution in [-0.4, -0.2) is 30.4 Å². The highest BCUT2D eigenvalue weighted by Gasteiger charge is 2.29. The summed E-state index contributed by atoms with van der Waals surface area (Å²) in [5, 5.41) is 0. The minimum atomic E-state index is 0.0467. The van der Waals surface area contributed by atoms with Crippen molar-refractivity contribution < 1.29 is 4.79 Å². The van der Waals surface area contributed by atoms with Crippen molar-refractivity contribution in [2.75, 3.05) is 13.6 Å². The fraction of sp³-hybridized carbons (Fsp3) is 0.588. The van der Waals surface area contributed by atoms with Crippen LogP contribution in [0, 0.1) is 5.92 Å². The Balaban J connectivity index is 1.76. The molecule has 3 heteroatoms. The number of nitrogens with two attached hydrogens (primary N) is 1. The molecular weight excluding hydrogens is 248 g/mol. The molecule has 0 aromatic heterocycles. The molecule has 0 bridgehead atoms. The van der Waals surface area contributed by atoms with Gasteiger partial charge in [0.05, 0.1) is 5.92 Å². The van der Waals surface area contributed by atoms with E-state index in [0.29, 0.717) is 0 Å². The van der Waals surface area contributed by atoms with E-state index >= 15 is 0 Å². The third kappa shape index (κ3) is 4.07. The Morgan fingerprint density at radius 1 is 1.25 bits per heavy atom. The first-order valence-electron chi connectivity index (χ1n) is 7.73. The number of amides is 1. The van der Waals surface area contributed by atoms with Gasteiger partial charge in [0.2, 0.25) is 5.91 Å². The SMILES string of the molecule is CN(CCCc1ccccc1)C(=O)C1CCCCC1N. The molecule has 1 amide bonds. The number of carbonyl (C=O) groups is 1. The van der Waals surface area contributed by atoms with Gasteiger partial charge >= 0.3 is 0 Å². The van der Waals surface area contributed by atoms with Gasteiger partial charge in [0.15, 0.2) is 0 Å². The van der Waals surface area contributed by atoms with Gasteiger partial charge in [-0.1, -0.05) is 43.2 Å². The maximum Gasteiger partial charge on any atom is 0.226 e. The second-order valence-corrected chi connectivity index (χ2v) is 5.90. The normalized spacial score (nSPS) is 22.5. The zero-order chi connectivity index (χ0) is 14.4. The van der Waals surface area contributed by atoms with Gasteiger partial charge in [0.1, 0.15) is 0 Å². The van der Waals surface area contributed by atoms with Crippen LogP contribution in [0.1, 0.15) is 37.7 Å². The molecule has 1 fully saturated rings. The molecule has 2 N–H and O–H groups in total. The second kappa shape index (κ2) is 7.44. The Bertz CT molecular complexity index is 418. The van der Waals surface area contributed by atoms with Crippen LogP contribution in [0.4, 0.5) is 0 Å². The maximum absolute atomic E-state index is 12.4. The number of rotatable bonds is 5. The molecule has 1 aliphatic carbocycles. The Kier molecular flexibility index (Phi) is 5.60. The summed E-state index contributed by atoms with van der Waals surface area (Å²) in [5.41, 5.74) is 7.43. The lowest BCUT2D eigenvalue weighted by atomic mass is 9.84. The molecule has 2 atom stereocenters. The lowest BCUT2D eigenvalue weighted by molar-refractivity contribution is -0.135. The zero-order valence-corrected chi connectivity index (χ0v) is 12.4. The monoisotopic (exact) mass is 274 g/mol. The summed E-state index contributed by atoms with van der Waals surface area (Å²) in [4.78, 5) is 14.3. The third-order valence-corrected chi connectivity index (χ3v) is 4.31. The van der Waals surface area contributed by atoms with Crippen LogP contribution in [-0.2, 0) is 11.2 Å². The molecule has 2 unspecified atom stereocenters. The highest BCUT2D eigenvalue weighted by Crippen LogP contribution is 2.24. The van der Waals surface area contributed by atoms with E-state index in [1.54, 1.807) is 0 Å². The minimum absolute atomic E-state index is 0.0467. The maximum atomic E-state index is 12.4. The van der Waals surface area contributed by atoms with Crippen molar-refractivity contribution in [3.05, 3.63) is 35.9 Å². The molecular formula is C17H26N2O. The van der Waals surface area contributed by atoms with Gasteiger partial charge < -0.3 is 10.6 Å². The van der Waals surface area contributed by atoms with Crippen LogP contribution in [0.25, 0.3) is 0 Å². The van der Waals surface area contributed by atoms with Crippen molar-refractivity contribution in [2.45, 2.75) is 44.6 Å². The van der Waals surface area contributed by atoms with E-state index in [9.17, 15) is 4.79 Å². The predicted octanol–water partition coefficient (Wildman–Crippen LogP) is 2.60. The van der Waals surface area contributed by atoms with Crippen molar-refractivity contribution >= 4 is 5.91 Å². The van der Waals surface area contributed by atoms with E-state index < -0.39 is 0 Å². The molecule has 0 spiro atoms. The highest BCUT2D eigenvalue weighted by atomic mass is 16.2. The van der Waals surface area contributed by atoms with E-state index in [1.165, 1.54) is 12.0 Å². The first-order valence-corrected chi connectivity index (χ1v) is 7.73. The van der Waals surface area contributed by atoms with E-state index in [4.69, 9.17) is 5.73 Å². The Hall–Kier alpha value is -1.35. The molecule has 1 aromatic rings. The first-order chi connectivity index (χ1) is 9.68. The zero-order valence-electron chi connectivity index (χ0n) is 12.4. The van der Waals surface area contributed by atoms with Crippen molar-refractivity contribution in [3.8, 4) is 0 Å². The third-order valence-electron chi connectivity index (χ3n) is 4.31. The summed E-state index contributed by atoms with van der Waals surface area (Å²) in [6.45, 7) is 0.816. The number of nitrogens with zero attached hydrogens (tertiary/aromatic N) is 1. The van der Waals surface area contributed by atoms with Gasteiger partial charge in [-0.3, -0.25) is 4.79 Å². The lowest BCUT2D eigenvalue weighted by Gasteiger charge is -2.31. The van der Waals surface area contributed by atoms with E-state index in [1.807, 2.05) is 18.0 Å². The van der Waals surface area contributed by atoms with Crippen LogP contribution in [0.2, 0.25) is 0 Å². The average Bonchev–Trinajstić information content (AvgIpc) is 2.48. The van der Waals surface area contributed by atoms with Crippen LogP contribution in [0.3, 0.4) is 0 Å². The summed E-state index contributed by atoms with van der Waals surface area (Å²) >= 11 is 0. The molecule has 1 saturated carbocycles. The van der Waals surface area contributed by atoms with Crippen molar-refractivity contribution in [1.82, 2.24) is 4.90 Å². The van der Waals surface area contributed by atoms with Crippen LogP contribution >= 0.6 is 0 Å². The van der Waals surface area contributed by atoms with Gasteiger partial charge in [0, 0.05) is 19.6 Å². The standard InChI is InChI=1S/C17H26N2O/c1-19(13-7-10-14-8-3-2-4-9-14)17(20)15-11-5-6-12-16(15)18/h2-4,8-9,15-16H,5-7,10-13,18H2,1H3. The van der Waals surface area contributed by atoms with Crippen LogP contribution in [0.5, 0.6) is 0 Å². The molecule has 1 aliphatic rings. The quantitative estimate of drug-likeness (QED) is 0.897. The van der Waals surface area contributed by atoms with Gasteiger partial charge in [0.25, 0.3) is 0 Å². The first kappa shape index (κ1) is 15.0. The Morgan fingerprint density at radius 3 is 2.65 bits per heavy atom. The van der Waals surface area contributed by atoms with Crippen molar-refractivity contribution in [2.24, 2.45) is 11.7 Å². The van der Waals surface area contributed by atoms with Crippen molar-refractivity contribution in [1.29, 1.82) is 0 Å². The number of hydrogen-bond donors (Lipinski definition) is 1. The molecule has 0 heterocycles. The fourth-order valence-electron chi connectivity index (χ4n) is 3.02. The summed E-state index contributed by atoms with van der Waals surface area (Å²) in [6, 6.07) is 10.5. The van der Waals surface area contributed by atoms with Crippen LogP contribution < -0.4 is 5.73 Å². The number of hydrogen-bond acceptors (Lipinski definition) is 2.